The number of sulfonamides is 1. The molecule has 36 heavy (non-hydrogen) atoms. The Morgan fingerprint density at radius 3 is 2.72 bits per heavy atom. The molecule has 5 rings (SSSR count). The first kappa shape index (κ1) is 24.4. The van der Waals surface area contributed by atoms with Gasteiger partial charge in [-0.05, 0) is 57.0 Å². The van der Waals surface area contributed by atoms with Gasteiger partial charge in [-0.25, -0.2) is 18.1 Å². The fourth-order valence-electron chi connectivity index (χ4n) is 3.89. The summed E-state index contributed by atoms with van der Waals surface area (Å²) in [5, 5.41) is 9.56. The number of fused-ring (bicyclic) bond motifs is 1. The fraction of sp³-hybridized carbons (Fsp3) is 0.391. The maximum absolute atomic E-state index is 13.6. The van der Waals surface area contributed by atoms with Crippen molar-refractivity contribution in [2.75, 3.05) is 0 Å². The van der Waals surface area contributed by atoms with Gasteiger partial charge in [0.25, 0.3) is 5.56 Å². The number of nitrogens with one attached hydrogen (secondary N) is 2. The number of aryl methyl sites for hydroxylation is 3. The summed E-state index contributed by atoms with van der Waals surface area (Å²) in [6.07, 6.45) is 5.03. The molecule has 1 fully saturated rings. The van der Waals surface area contributed by atoms with E-state index in [0.29, 0.717) is 5.52 Å². The highest BCUT2D eigenvalue weighted by Gasteiger charge is 2.41. The molecule has 1 aliphatic carbocycles. The van der Waals surface area contributed by atoms with Gasteiger partial charge in [0, 0.05) is 24.3 Å². The van der Waals surface area contributed by atoms with Gasteiger partial charge in [-0.15, -0.1) is 11.3 Å². The van der Waals surface area contributed by atoms with E-state index in [1.807, 2.05) is 20.8 Å². The van der Waals surface area contributed by atoms with Crippen LogP contribution in [0, 0.1) is 13.8 Å². The third-order valence-electron chi connectivity index (χ3n) is 6.11. The Morgan fingerprint density at radius 1 is 1.31 bits per heavy atom. The topological polar surface area (TPSA) is 136 Å². The molecule has 13 heteroatoms. The van der Waals surface area contributed by atoms with E-state index in [0.717, 1.165) is 34.0 Å². The average molecular weight is 530 g/mol. The predicted octanol–water partition coefficient (Wildman–Crippen LogP) is 2.05. The van der Waals surface area contributed by atoms with Crippen molar-refractivity contribution in [1.29, 1.82) is 0 Å². The van der Waals surface area contributed by atoms with E-state index in [9.17, 15) is 13.2 Å². The van der Waals surface area contributed by atoms with Gasteiger partial charge in [0.1, 0.15) is 0 Å². The molecular formula is C23H27N7O4S2. The third-order valence-corrected chi connectivity index (χ3v) is 8.79. The number of thiazole rings is 1. The Hall–Kier alpha value is -3.29. The quantitative estimate of drug-likeness (QED) is 0.335. The fourth-order valence-corrected chi connectivity index (χ4v) is 6.23. The van der Waals surface area contributed by atoms with Gasteiger partial charge in [-0.1, -0.05) is 0 Å². The van der Waals surface area contributed by atoms with Crippen molar-refractivity contribution in [2.45, 2.75) is 57.2 Å². The first-order chi connectivity index (χ1) is 17.0. The largest absolute Gasteiger partial charge is 0.387 e. The lowest BCUT2D eigenvalue weighted by molar-refractivity contribution is 0.116. The first-order valence-corrected chi connectivity index (χ1v) is 13.7. The zero-order valence-electron chi connectivity index (χ0n) is 20.4. The van der Waals surface area contributed by atoms with Gasteiger partial charge < -0.3 is 9.82 Å². The molecule has 3 heterocycles. The molecule has 0 radical (unpaired) electrons. The van der Waals surface area contributed by atoms with Gasteiger partial charge in [0.2, 0.25) is 15.6 Å². The van der Waals surface area contributed by atoms with Crippen molar-refractivity contribution < 1.29 is 13.3 Å². The zero-order chi connectivity index (χ0) is 25.7. The van der Waals surface area contributed by atoms with E-state index in [1.54, 1.807) is 30.2 Å². The van der Waals surface area contributed by atoms with Crippen LogP contribution in [0.2, 0.25) is 0 Å². The number of hydrogen-bond donors (Lipinski definition) is 2. The Labute approximate surface area is 211 Å². The standard InChI is InChI=1S/C23H27N7O4S2/c1-14-20(35-15(2)25-14)13-34-27-22-26-19-6-5-17(36(32,33)28-23(3)7-8-23)9-18(19)21(31)30(22)12-16-10-24-29(4)11-16/h5-6,9-11,28H,7-8,12-13H2,1-4H3,(H,26,27). The van der Waals surface area contributed by atoms with E-state index >= 15 is 0 Å². The second-order valence-electron chi connectivity index (χ2n) is 9.34. The maximum atomic E-state index is 13.6. The molecule has 0 atom stereocenters. The van der Waals surface area contributed by atoms with Gasteiger partial charge in [0.05, 0.1) is 44.1 Å². The SMILES string of the molecule is Cc1nc(C)c(CON=c2[nH]c3ccc(S(=O)(=O)NC4(C)CC4)cc3c(=O)n2Cc2cnn(C)c2)s1. The summed E-state index contributed by atoms with van der Waals surface area (Å²) >= 11 is 1.53. The molecule has 0 spiro atoms. The van der Waals surface area contributed by atoms with Crippen molar-refractivity contribution in [1.82, 2.24) is 29.0 Å². The number of nitrogens with zero attached hydrogens (tertiary/aromatic N) is 5. The molecule has 190 valence electrons. The lowest BCUT2D eigenvalue weighted by Crippen LogP contribution is -2.37. The average Bonchev–Trinajstić information content (AvgIpc) is 3.22. The van der Waals surface area contributed by atoms with Crippen LogP contribution in [0.15, 0.2) is 45.4 Å². The van der Waals surface area contributed by atoms with Crippen LogP contribution in [0.3, 0.4) is 0 Å². The number of hydrogen-bond acceptors (Lipinski definition) is 8. The van der Waals surface area contributed by atoms with Crippen LogP contribution in [0.25, 0.3) is 10.9 Å². The molecule has 11 nitrogen and oxygen atoms in total. The van der Waals surface area contributed by atoms with Crippen molar-refractivity contribution >= 4 is 32.3 Å². The molecule has 3 aromatic heterocycles. The van der Waals surface area contributed by atoms with Gasteiger partial charge in [-0.3, -0.25) is 14.0 Å². The molecule has 0 saturated heterocycles. The first-order valence-electron chi connectivity index (χ1n) is 11.4. The third kappa shape index (κ3) is 4.99. The van der Waals surface area contributed by atoms with E-state index in [2.05, 4.69) is 24.9 Å². The molecular weight excluding hydrogens is 502 g/mol. The molecule has 0 aliphatic heterocycles. The lowest BCUT2D eigenvalue weighted by Gasteiger charge is -2.13. The van der Waals surface area contributed by atoms with Crippen molar-refractivity contribution in [3.8, 4) is 0 Å². The molecule has 0 amide bonds. The summed E-state index contributed by atoms with van der Waals surface area (Å²) in [5.74, 6) is 0. The van der Waals surface area contributed by atoms with Crippen molar-refractivity contribution in [2.24, 2.45) is 12.2 Å². The highest BCUT2D eigenvalue weighted by Crippen LogP contribution is 2.36. The second kappa shape index (κ2) is 8.98. The molecule has 1 aromatic carbocycles. The second-order valence-corrected chi connectivity index (χ2v) is 12.3. The zero-order valence-corrected chi connectivity index (χ0v) is 22.0. The van der Waals surface area contributed by atoms with Crippen LogP contribution in [-0.2, 0) is 35.1 Å². The van der Waals surface area contributed by atoms with E-state index in [-0.39, 0.29) is 29.1 Å². The highest BCUT2D eigenvalue weighted by molar-refractivity contribution is 7.89. The molecule has 1 saturated carbocycles. The maximum Gasteiger partial charge on any atom is 0.263 e. The minimum atomic E-state index is -3.77. The van der Waals surface area contributed by atoms with Crippen LogP contribution in [-0.4, -0.2) is 38.3 Å². The minimum Gasteiger partial charge on any atom is -0.387 e. The molecule has 0 bridgehead atoms. The van der Waals surface area contributed by atoms with Crippen LogP contribution in [0.5, 0.6) is 0 Å². The summed E-state index contributed by atoms with van der Waals surface area (Å²) in [6.45, 7) is 6.09. The van der Waals surface area contributed by atoms with Crippen molar-refractivity contribution in [3.05, 3.63) is 67.7 Å². The van der Waals surface area contributed by atoms with Gasteiger partial charge in [-0.2, -0.15) is 5.10 Å². The summed E-state index contributed by atoms with van der Waals surface area (Å²) in [6, 6.07) is 4.45. The highest BCUT2D eigenvalue weighted by atomic mass is 32.2. The Balaban J connectivity index is 1.57. The minimum absolute atomic E-state index is 0.0403. The van der Waals surface area contributed by atoms with Gasteiger partial charge in [0.15, 0.2) is 6.61 Å². The Kier molecular flexibility index (Phi) is 6.09. The Morgan fingerprint density at radius 2 is 2.08 bits per heavy atom. The summed E-state index contributed by atoms with van der Waals surface area (Å²) in [7, 11) is -1.98. The lowest BCUT2D eigenvalue weighted by atomic mass is 10.2. The van der Waals surface area contributed by atoms with Gasteiger partial charge >= 0.3 is 0 Å². The number of aromatic nitrogens is 5. The normalized spacial score (nSPS) is 15.5. The van der Waals surface area contributed by atoms with E-state index in [4.69, 9.17) is 4.84 Å². The number of rotatable bonds is 8. The predicted molar refractivity (Wildman–Crippen MR) is 135 cm³/mol. The molecule has 2 N–H and O–H groups in total. The summed E-state index contributed by atoms with van der Waals surface area (Å²) in [5.41, 5.74) is 1.50. The number of aromatic amines is 1. The van der Waals surface area contributed by atoms with Crippen LogP contribution < -0.4 is 15.9 Å². The van der Waals surface area contributed by atoms with Crippen LogP contribution in [0.4, 0.5) is 0 Å². The van der Waals surface area contributed by atoms with Crippen LogP contribution >= 0.6 is 11.3 Å². The van der Waals surface area contributed by atoms with Crippen LogP contribution in [0.1, 0.15) is 40.9 Å². The summed E-state index contributed by atoms with van der Waals surface area (Å²) in [4.78, 5) is 27.7. The smallest absolute Gasteiger partial charge is 0.263 e. The number of H-pyrrole nitrogens is 1. The summed E-state index contributed by atoms with van der Waals surface area (Å²) < 4.78 is 31.6. The molecule has 4 aromatic rings. The van der Waals surface area contributed by atoms with Crippen molar-refractivity contribution in [3.63, 3.8) is 0 Å². The van der Waals surface area contributed by atoms with E-state index < -0.39 is 21.1 Å². The van der Waals surface area contributed by atoms with E-state index in [1.165, 1.54) is 28.0 Å². The molecule has 0 unspecified atom stereocenters. The monoisotopic (exact) mass is 529 g/mol. The Bertz CT molecular complexity index is 1690. The molecule has 1 aliphatic rings. The number of benzene rings is 1.